The number of carbonyl (C=O) groups excluding carboxylic acids is 1. The van der Waals surface area contributed by atoms with E-state index < -0.39 is 0 Å². The molecule has 19 heavy (non-hydrogen) atoms. The van der Waals surface area contributed by atoms with Crippen LogP contribution in [0.1, 0.15) is 5.56 Å². The normalized spacial score (nSPS) is 12.8. The highest BCUT2D eigenvalue weighted by Crippen LogP contribution is 2.40. The Morgan fingerprint density at radius 2 is 1.74 bits per heavy atom. The highest BCUT2D eigenvalue weighted by Gasteiger charge is 2.24. The molecule has 1 aliphatic heterocycles. The van der Waals surface area contributed by atoms with E-state index in [0.717, 1.165) is 5.56 Å². The molecule has 0 spiro atoms. The largest absolute Gasteiger partial charge is 0.493 e. The molecular formula is C15H12O4. The second-order valence-corrected chi connectivity index (χ2v) is 4.15. The Morgan fingerprint density at radius 3 is 2.53 bits per heavy atom. The molecular weight excluding hydrogens is 244 g/mol. The minimum Gasteiger partial charge on any atom is -0.493 e. The molecule has 3 rings (SSSR count). The van der Waals surface area contributed by atoms with Gasteiger partial charge in [-0.25, -0.2) is 0 Å². The summed E-state index contributed by atoms with van der Waals surface area (Å²) in [5.41, 5.74) is 0.845. The van der Waals surface area contributed by atoms with Crippen LogP contribution in [0.2, 0.25) is 0 Å². The van der Waals surface area contributed by atoms with Gasteiger partial charge >= 0.3 is 5.97 Å². The Morgan fingerprint density at radius 1 is 1.00 bits per heavy atom. The maximum absolute atomic E-state index is 11.3. The lowest BCUT2D eigenvalue weighted by Gasteiger charge is -2.11. The molecule has 0 unspecified atom stereocenters. The molecule has 0 aliphatic carbocycles. The number of benzene rings is 2. The first-order valence-electron chi connectivity index (χ1n) is 5.91. The van der Waals surface area contributed by atoms with Crippen molar-refractivity contribution in [1.29, 1.82) is 0 Å². The second kappa shape index (κ2) is 4.65. The third-order valence-corrected chi connectivity index (χ3v) is 2.90. The van der Waals surface area contributed by atoms with Crippen molar-refractivity contribution in [3.8, 4) is 23.0 Å². The van der Waals surface area contributed by atoms with Crippen LogP contribution in [-0.2, 0) is 11.2 Å². The van der Waals surface area contributed by atoms with Crippen molar-refractivity contribution >= 4 is 5.97 Å². The van der Waals surface area contributed by atoms with Gasteiger partial charge < -0.3 is 14.2 Å². The lowest BCUT2D eigenvalue weighted by atomic mass is 10.1. The summed E-state index contributed by atoms with van der Waals surface area (Å²) in [6.07, 6.45) is 0.290. The molecule has 4 nitrogen and oxygen atoms in total. The maximum atomic E-state index is 11.3. The molecule has 0 aromatic heterocycles. The zero-order chi connectivity index (χ0) is 13.2. The van der Waals surface area contributed by atoms with Gasteiger partial charge in [0.15, 0.2) is 23.0 Å². The Bertz CT molecular complexity index is 634. The van der Waals surface area contributed by atoms with Crippen LogP contribution in [0, 0.1) is 0 Å². The fraction of sp³-hybridized carbons (Fsp3) is 0.133. The van der Waals surface area contributed by atoms with Gasteiger partial charge in [0.05, 0.1) is 13.5 Å². The van der Waals surface area contributed by atoms with Crippen molar-refractivity contribution in [1.82, 2.24) is 0 Å². The van der Waals surface area contributed by atoms with Gasteiger partial charge in [0.25, 0.3) is 0 Å². The summed E-state index contributed by atoms with van der Waals surface area (Å²) >= 11 is 0. The molecule has 0 N–H and O–H groups in total. The van der Waals surface area contributed by atoms with E-state index in [9.17, 15) is 4.79 Å². The summed E-state index contributed by atoms with van der Waals surface area (Å²) in [5, 5.41) is 0. The Hall–Kier alpha value is -2.49. The van der Waals surface area contributed by atoms with Crippen molar-refractivity contribution in [2.24, 2.45) is 0 Å². The summed E-state index contributed by atoms with van der Waals surface area (Å²) in [6, 6.07) is 12.8. The van der Waals surface area contributed by atoms with Crippen LogP contribution in [0.15, 0.2) is 42.5 Å². The first kappa shape index (κ1) is 11.6. The molecule has 0 bridgehead atoms. The molecule has 0 amide bonds. The molecule has 2 aromatic rings. The van der Waals surface area contributed by atoms with Crippen molar-refractivity contribution in [3.05, 3.63) is 48.0 Å². The molecule has 96 valence electrons. The molecule has 0 atom stereocenters. The van der Waals surface area contributed by atoms with Gasteiger partial charge in [0, 0.05) is 5.56 Å². The van der Waals surface area contributed by atoms with Crippen LogP contribution in [0.5, 0.6) is 23.0 Å². The van der Waals surface area contributed by atoms with Gasteiger partial charge in [-0.3, -0.25) is 4.79 Å². The Labute approximate surface area is 110 Å². The van der Waals surface area contributed by atoms with Gasteiger partial charge in [0.2, 0.25) is 0 Å². The van der Waals surface area contributed by atoms with Crippen LogP contribution >= 0.6 is 0 Å². The zero-order valence-electron chi connectivity index (χ0n) is 10.4. The van der Waals surface area contributed by atoms with Crippen molar-refractivity contribution in [2.45, 2.75) is 6.42 Å². The molecule has 1 heterocycles. The van der Waals surface area contributed by atoms with Crippen LogP contribution < -0.4 is 14.2 Å². The predicted octanol–water partition coefficient (Wildman–Crippen LogP) is 2.95. The van der Waals surface area contributed by atoms with E-state index in [2.05, 4.69) is 0 Å². The van der Waals surface area contributed by atoms with Crippen LogP contribution in [-0.4, -0.2) is 13.1 Å². The summed E-state index contributed by atoms with van der Waals surface area (Å²) in [7, 11) is 1.58. The average Bonchev–Trinajstić information content (AvgIpc) is 2.81. The number of ether oxygens (including phenoxy) is 3. The Kier molecular flexibility index (Phi) is 2.83. The number of hydrogen-bond donors (Lipinski definition) is 0. The monoisotopic (exact) mass is 256 g/mol. The van der Waals surface area contributed by atoms with E-state index in [-0.39, 0.29) is 5.97 Å². The molecule has 0 fully saturated rings. The van der Waals surface area contributed by atoms with E-state index in [1.807, 2.05) is 30.3 Å². The first-order valence-corrected chi connectivity index (χ1v) is 5.91. The fourth-order valence-electron chi connectivity index (χ4n) is 2.02. The highest BCUT2D eigenvalue weighted by molar-refractivity contribution is 5.82. The van der Waals surface area contributed by atoms with E-state index in [4.69, 9.17) is 14.2 Å². The van der Waals surface area contributed by atoms with E-state index in [1.165, 1.54) is 0 Å². The molecule has 4 heteroatoms. The van der Waals surface area contributed by atoms with Gasteiger partial charge in [-0.15, -0.1) is 0 Å². The standard InChI is InChI=1S/C15H12O4/c1-17-11-6-2-3-7-12(11)18-13-8-4-5-10-9-14(16)19-15(10)13/h2-8H,9H2,1H3. The van der Waals surface area contributed by atoms with Crippen molar-refractivity contribution < 1.29 is 19.0 Å². The molecule has 0 saturated heterocycles. The van der Waals surface area contributed by atoms with Crippen LogP contribution in [0.25, 0.3) is 0 Å². The summed E-state index contributed by atoms with van der Waals surface area (Å²) < 4.78 is 16.2. The number of methoxy groups -OCH3 is 1. The van der Waals surface area contributed by atoms with Crippen molar-refractivity contribution in [3.63, 3.8) is 0 Å². The minimum atomic E-state index is -0.258. The lowest BCUT2D eigenvalue weighted by molar-refractivity contribution is -0.131. The molecule has 2 aromatic carbocycles. The number of hydrogen-bond acceptors (Lipinski definition) is 4. The van der Waals surface area contributed by atoms with E-state index in [0.29, 0.717) is 29.4 Å². The zero-order valence-corrected chi connectivity index (χ0v) is 10.4. The number of fused-ring (bicyclic) bond motifs is 1. The third kappa shape index (κ3) is 2.12. The summed E-state index contributed by atoms with van der Waals surface area (Å²) in [6.45, 7) is 0. The SMILES string of the molecule is COc1ccccc1Oc1cccc2c1OC(=O)C2. The lowest BCUT2D eigenvalue weighted by Crippen LogP contribution is -2.00. The van der Waals surface area contributed by atoms with Crippen LogP contribution in [0.4, 0.5) is 0 Å². The molecule has 0 saturated carbocycles. The van der Waals surface area contributed by atoms with Gasteiger partial charge in [-0.1, -0.05) is 24.3 Å². The number of para-hydroxylation sites is 3. The Balaban J connectivity index is 1.97. The summed E-state index contributed by atoms with van der Waals surface area (Å²) in [4.78, 5) is 11.3. The van der Waals surface area contributed by atoms with Crippen LogP contribution in [0.3, 0.4) is 0 Å². The van der Waals surface area contributed by atoms with E-state index in [1.54, 1.807) is 19.2 Å². The molecule has 0 radical (unpaired) electrons. The van der Waals surface area contributed by atoms with Gasteiger partial charge in [0.1, 0.15) is 0 Å². The topological polar surface area (TPSA) is 44.8 Å². The van der Waals surface area contributed by atoms with Gasteiger partial charge in [-0.2, -0.15) is 0 Å². The first-order chi connectivity index (χ1) is 9.28. The third-order valence-electron chi connectivity index (χ3n) is 2.90. The van der Waals surface area contributed by atoms with Crippen molar-refractivity contribution in [2.75, 3.05) is 7.11 Å². The smallest absolute Gasteiger partial charge is 0.315 e. The minimum absolute atomic E-state index is 0.258. The van der Waals surface area contributed by atoms with Gasteiger partial charge in [-0.05, 0) is 18.2 Å². The summed E-state index contributed by atoms with van der Waals surface area (Å²) in [5.74, 6) is 1.98. The average molecular weight is 256 g/mol. The number of carbonyl (C=O) groups is 1. The highest BCUT2D eigenvalue weighted by atomic mass is 16.6. The second-order valence-electron chi connectivity index (χ2n) is 4.15. The number of rotatable bonds is 3. The molecule has 1 aliphatic rings. The number of esters is 1. The predicted molar refractivity (Wildman–Crippen MR) is 68.8 cm³/mol. The fourth-order valence-corrected chi connectivity index (χ4v) is 2.02. The maximum Gasteiger partial charge on any atom is 0.315 e. The van der Waals surface area contributed by atoms with E-state index >= 15 is 0 Å². The quantitative estimate of drug-likeness (QED) is 0.625.